The SMILES string of the molecule is CCCCCCC[C@@H](O)CC(=O)N[C@H](CCN)C(=O)N[C@H]1CCNC(=O)[C@H](CC(C)C)NC(=O)[C@H](CCCCN)NC(=O)[C@H](CCN)NC(=O)[C@H](CC(C)C)NC(=O)[C@@H](Cc2ccccc2)NC(=O)[C@H](CCN)NC1=O. The third kappa shape index (κ3) is 25.9. The molecule has 2 rings (SSSR count). The fraction of sp³-hybridized carbons (Fsp3) is 0.717. The number of aliphatic hydroxyl groups excluding tert-OH is 1. The van der Waals surface area contributed by atoms with E-state index in [0.29, 0.717) is 31.4 Å². The van der Waals surface area contributed by atoms with Gasteiger partial charge in [-0.1, -0.05) is 97.1 Å². The van der Waals surface area contributed by atoms with Crippen LogP contribution in [0.15, 0.2) is 30.3 Å². The van der Waals surface area contributed by atoms with Gasteiger partial charge in [0.25, 0.3) is 0 Å². The number of hydrogen-bond acceptors (Lipinski definition) is 14. The number of hydrogen-bond donors (Lipinski definition) is 14. The van der Waals surface area contributed by atoms with Crippen molar-refractivity contribution in [3.8, 4) is 0 Å². The van der Waals surface area contributed by atoms with Crippen LogP contribution in [-0.4, -0.2) is 145 Å². The largest absolute Gasteiger partial charge is 0.393 e. The van der Waals surface area contributed by atoms with Crippen LogP contribution in [0, 0.1) is 11.8 Å². The van der Waals surface area contributed by atoms with Crippen LogP contribution < -0.4 is 70.8 Å². The molecule has 18 N–H and O–H groups in total. The summed E-state index contributed by atoms with van der Waals surface area (Å²) in [5, 5.41) is 35.1. The maximum atomic E-state index is 14.4. The number of carbonyl (C=O) groups excluding carboxylic acids is 9. The second kappa shape index (κ2) is 37.1. The van der Waals surface area contributed by atoms with Gasteiger partial charge in [-0.2, -0.15) is 0 Å². The van der Waals surface area contributed by atoms with Crippen LogP contribution in [0.2, 0.25) is 0 Å². The summed E-state index contributed by atoms with van der Waals surface area (Å²) in [6, 6.07) is -1.43. The van der Waals surface area contributed by atoms with Gasteiger partial charge in [0.15, 0.2) is 0 Å². The third-order valence-corrected chi connectivity index (χ3v) is 12.9. The van der Waals surface area contributed by atoms with E-state index in [1.165, 1.54) is 0 Å². The fourth-order valence-electron chi connectivity index (χ4n) is 8.72. The summed E-state index contributed by atoms with van der Waals surface area (Å²) >= 11 is 0. The van der Waals surface area contributed by atoms with E-state index in [-0.39, 0.29) is 95.8 Å². The number of amides is 9. The molecule has 1 fully saturated rings. The minimum atomic E-state index is -1.46. The molecule has 0 aliphatic carbocycles. The number of benzene rings is 1. The Labute approximate surface area is 449 Å². The van der Waals surface area contributed by atoms with Crippen molar-refractivity contribution in [1.82, 2.24) is 47.9 Å². The maximum absolute atomic E-state index is 14.4. The zero-order valence-corrected chi connectivity index (χ0v) is 45.7. The van der Waals surface area contributed by atoms with Crippen LogP contribution in [0.25, 0.3) is 0 Å². The summed E-state index contributed by atoms with van der Waals surface area (Å²) in [6.45, 7) is 9.33. The van der Waals surface area contributed by atoms with Crippen LogP contribution in [0.3, 0.4) is 0 Å². The van der Waals surface area contributed by atoms with E-state index < -0.39 is 108 Å². The van der Waals surface area contributed by atoms with Crippen molar-refractivity contribution in [2.45, 2.75) is 198 Å². The first-order valence-corrected chi connectivity index (χ1v) is 27.5. The highest BCUT2D eigenvalue weighted by Crippen LogP contribution is 2.14. The number of carbonyl (C=O) groups is 9. The highest BCUT2D eigenvalue weighted by atomic mass is 16.3. The second-order valence-corrected chi connectivity index (χ2v) is 20.7. The van der Waals surface area contributed by atoms with Gasteiger partial charge < -0.3 is 75.9 Å². The smallest absolute Gasteiger partial charge is 0.243 e. The molecule has 0 bridgehead atoms. The molecule has 1 aliphatic rings. The Balaban J connectivity index is 2.71. The van der Waals surface area contributed by atoms with Gasteiger partial charge in [0.05, 0.1) is 12.5 Å². The lowest BCUT2D eigenvalue weighted by Gasteiger charge is -2.28. The minimum Gasteiger partial charge on any atom is -0.393 e. The zero-order valence-electron chi connectivity index (χ0n) is 45.7. The van der Waals surface area contributed by atoms with E-state index in [1.54, 1.807) is 30.3 Å². The van der Waals surface area contributed by atoms with Gasteiger partial charge in [-0.05, 0) is 108 Å². The summed E-state index contributed by atoms with van der Waals surface area (Å²) in [4.78, 5) is 127. The molecular weight excluding hydrogens is 979 g/mol. The summed E-state index contributed by atoms with van der Waals surface area (Å²) in [6.07, 6.45) is 4.75. The maximum Gasteiger partial charge on any atom is 0.243 e. The Hall–Kier alpha value is -5.75. The fourth-order valence-corrected chi connectivity index (χ4v) is 8.72. The van der Waals surface area contributed by atoms with Gasteiger partial charge in [0, 0.05) is 13.0 Å². The van der Waals surface area contributed by atoms with Gasteiger partial charge in [-0.25, -0.2) is 0 Å². The molecule has 76 heavy (non-hydrogen) atoms. The van der Waals surface area contributed by atoms with Crippen LogP contribution >= 0.6 is 0 Å². The van der Waals surface area contributed by atoms with Crippen molar-refractivity contribution in [2.24, 2.45) is 34.8 Å². The summed E-state index contributed by atoms with van der Waals surface area (Å²) in [5.41, 5.74) is 24.2. The average Bonchev–Trinajstić information content (AvgIpc) is 3.36. The van der Waals surface area contributed by atoms with E-state index in [2.05, 4.69) is 54.8 Å². The van der Waals surface area contributed by atoms with E-state index in [4.69, 9.17) is 22.9 Å². The lowest BCUT2D eigenvalue weighted by Crippen LogP contribution is -2.61. The van der Waals surface area contributed by atoms with Gasteiger partial charge in [-0.15, -0.1) is 0 Å². The van der Waals surface area contributed by atoms with Gasteiger partial charge in [0.1, 0.15) is 48.3 Å². The highest BCUT2D eigenvalue weighted by Gasteiger charge is 2.36. The summed E-state index contributed by atoms with van der Waals surface area (Å²) in [7, 11) is 0. The highest BCUT2D eigenvalue weighted by molar-refractivity contribution is 5.98. The van der Waals surface area contributed by atoms with Crippen molar-refractivity contribution in [3.63, 3.8) is 0 Å². The average molecular weight is 1070 g/mol. The Morgan fingerprint density at radius 1 is 0.579 bits per heavy atom. The molecular formula is C53H93N13O10. The van der Waals surface area contributed by atoms with E-state index in [9.17, 15) is 48.3 Å². The Kier molecular flexibility index (Phi) is 32.4. The number of nitrogens with one attached hydrogen (secondary N) is 9. The van der Waals surface area contributed by atoms with Crippen LogP contribution in [0.5, 0.6) is 0 Å². The zero-order chi connectivity index (χ0) is 56.6. The molecule has 1 saturated heterocycles. The first-order valence-electron chi connectivity index (χ1n) is 27.5. The summed E-state index contributed by atoms with van der Waals surface area (Å²) < 4.78 is 0. The molecule has 23 heteroatoms. The Morgan fingerprint density at radius 3 is 1.62 bits per heavy atom. The Morgan fingerprint density at radius 2 is 1.08 bits per heavy atom. The van der Waals surface area contributed by atoms with E-state index in [1.807, 2.05) is 27.7 Å². The van der Waals surface area contributed by atoms with Crippen LogP contribution in [-0.2, 0) is 49.6 Å². The molecule has 9 atom stereocenters. The molecule has 1 heterocycles. The molecule has 9 amide bonds. The molecule has 1 aliphatic heterocycles. The monoisotopic (exact) mass is 1070 g/mol. The minimum absolute atomic E-state index is 0.0360. The quantitative estimate of drug-likeness (QED) is 0.0471. The molecule has 0 aromatic heterocycles. The van der Waals surface area contributed by atoms with Crippen LogP contribution in [0.4, 0.5) is 0 Å². The van der Waals surface area contributed by atoms with E-state index in [0.717, 1.165) is 32.1 Å². The molecule has 0 saturated carbocycles. The molecule has 23 nitrogen and oxygen atoms in total. The van der Waals surface area contributed by atoms with Gasteiger partial charge in [-0.3, -0.25) is 43.2 Å². The van der Waals surface area contributed by atoms with E-state index >= 15 is 0 Å². The lowest BCUT2D eigenvalue weighted by atomic mass is 10.00. The molecule has 0 radical (unpaired) electrons. The Bertz CT molecular complexity index is 1960. The first kappa shape index (κ1) is 66.4. The predicted molar refractivity (Wildman–Crippen MR) is 290 cm³/mol. The molecule has 1 aromatic carbocycles. The lowest BCUT2D eigenvalue weighted by molar-refractivity contribution is -0.136. The van der Waals surface area contributed by atoms with Crippen molar-refractivity contribution in [3.05, 3.63) is 35.9 Å². The van der Waals surface area contributed by atoms with Crippen molar-refractivity contribution in [2.75, 3.05) is 32.7 Å². The molecule has 0 spiro atoms. The molecule has 0 unspecified atom stereocenters. The first-order chi connectivity index (χ1) is 36.3. The summed E-state index contributed by atoms with van der Waals surface area (Å²) in [5.74, 6) is -6.91. The van der Waals surface area contributed by atoms with Crippen molar-refractivity contribution >= 4 is 53.2 Å². The van der Waals surface area contributed by atoms with Crippen molar-refractivity contribution < 1.29 is 48.3 Å². The number of rotatable bonds is 27. The second-order valence-electron chi connectivity index (χ2n) is 20.7. The number of aliphatic hydroxyl groups is 1. The van der Waals surface area contributed by atoms with Crippen LogP contribution in [0.1, 0.15) is 143 Å². The predicted octanol–water partition coefficient (Wildman–Crippen LogP) is -0.994. The molecule has 1 aromatic rings. The van der Waals surface area contributed by atoms with Crippen molar-refractivity contribution in [1.29, 1.82) is 0 Å². The number of nitrogens with two attached hydrogens (primary N) is 4. The number of unbranched alkanes of at least 4 members (excludes halogenated alkanes) is 5. The van der Waals surface area contributed by atoms with Gasteiger partial charge >= 0.3 is 0 Å². The third-order valence-electron chi connectivity index (χ3n) is 12.9. The standard InChI is InChI=1S/C53H93N13O10/c1-6-7-8-9-13-18-36(67)32-45(68)59-38(20-25-55)48(71)63-41-23-28-58-46(69)42(29-33(2)3)64-47(70)37(19-14-15-24-54)60-49(72)39(21-26-56)62-52(75)43(30-34(4)5)65-53(76)44(31-35-16-11-10-12-17-35)66-50(73)40(22-27-57)61-51(41)74/h10-12,16-17,33-34,36-44,67H,6-9,13-15,18-32,54-57H2,1-5H3,(H,58,69)(H,59,68)(H,60,72)(H,61,74)(H,62,75)(H,63,71)(H,64,70)(H,65,76)(H,66,73)/t36-,37+,38-,39+,40+,41+,42+,43+,44-/m1/s1. The van der Waals surface area contributed by atoms with Gasteiger partial charge in [0.2, 0.25) is 53.2 Å². The molecule has 430 valence electrons. The normalized spacial score (nSPS) is 22.7. The topological polar surface area (TPSA) is 386 Å².